The van der Waals surface area contributed by atoms with Crippen molar-refractivity contribution in [1.29, 1.82) is 0 Å². The van der Waals surface area contributed by atoms with Crippen LogP contribution in [0.4, 0.5) is 0 Å². The van der Waals surface area contributed by atoms with Crippen molar-refractivity contribution in [2.24, 2.45) is 23.2 Å². The standard InChI is InChI=1S/C12H18O4/c1-6(13)8(7(2)14)5-9-10(11(15)16)12(9,3)4/h8-10H,5H2,1-4H3,(H,15,16). The van der Waals surface area contributed by atoms with Crippen molar-refractivity contribution >= 4 is 17.5 Å². The van der Waals surface area contributed by atoms with Crippen LogP contribution in [0.3, 0.4) is 0 Å². The summed E-state index contributed by atoms with van der Waals surface area (Å²) in [7, 11) is 0. The number of hydrogen-bond acceptors (Lipinski definition) is 3. The molecule has 90 valence electrons. The van der Waals surface area contributed by atoms with Gasteiger partial charge in [0.15, 0.2) is 0 Å². The number of carbonyl (C=O) groups is 3. The van der Waals surface area contributed by atoms with Crippen LogP contribution in [0, 0.1) is 23.2 Å². The molecule has 0 bridgehead atoms. The Labute approximate surface area is 95.0 Å². The van der Waals surface area contributed by atoms with Gasteiger partial charge >= 0.3 is 5.97 Å². The zero-order valence-electron chi connectivity index (χ0n) is 10.1. The fourth-order valence-corrected chi connectivity index (χ4v) is 2.55. The molecule has 0 heterocycles. The van der Waals surface area contributed by atoms with Crippen LogP contribution in [0.25, 0.3) is 0 Å². The van der Waals surface area contributed by atoms with Gasteiger partial charge in [0.25, 0.3) is 0 Å². The number of rotatable bonds is 5. The fraction of sp³-hybridized carbons (Fsp3) is 0.750. The Morgan fingerprint density at radius 3 is 1.88 bits per heavy atom. The number of ketones is 2. The van der Waals surface area contributed by atoms with Crippen LogP contribution in [0.2, 0.25) is 0 Å². The summed E-state index contributed by atoms with van der Waals surface area (Å²) in [4.78, 5) is 33.5. The molecule has 0 radical (unpaired) electrons. The van der Waals surface area contributed by atoms with Crippen molar-refractivity contribution in [2.45, 2.75) is 34.1 Å². The first-order valence-corrected chi connectivity index (χ1v) is 5.43. The monoisotopic (exact) mass is 226 g/mol. The van der Waals surface area contributed by atoms with Crippen LogP contribution in [-0.4, -0.2) is 22.6 Å². The molecule has 0 saturated heterocycles. The summed E-state index contributed by atoms with van der Waals surface area (Å²) in [5.41, 5.74) is -0.297. The molecule has 2 atom stereocenters. The van der Waals surface area contributed by atoms with E-state index in [1.807, 2.05) is 13.8 Å². The molecule has 16 heavy (non-hydrogen) atoms. The number of carboxylic acids is 1. The van der Waals surface area contributed by atoms with Gasteiger partial charge in [-0.25, -0.2) is 0 Å². The second kappa shape index (κ2) is 4.00. The minimum atomic E-state index is -0.833. The number of carbonyl (C=O) groups excluding carboxylic acids is 2. The molecule has 0 amide bonds. The first-order chi connectivity index (χ1) is 7.19. The van der Waals surface area contributed by atoms with Crippen molar-refractivity contribution in [3.63, 3.8) is 0 Å². The molecule has 1 aliphatic carbocycles. The Bertz CT molecular complexity index is 329. The predicted molar refractivity (Wildman–Crippen MR) is 57.9 cm³/mol. The van der Waals surface area contributed by atoms with E-state index in [2.05, 4.69) is 0 Å². The lowest BCUT2D eigenvalue weighted by Crippen LogP contribution is -2.21. The SMILES string of the molecule is CC(=O)C(CC1C(C(=O)O)C1(C)C)C(C)=O. The zero-order valence-corrected chi connectivity index (χ0v) is 10.1. The number of hydrogen-bond donors (Lipinski definition) is 1. The van der Waals surface area contributed by atoms with Gasteiger partial charge < -0.3 is 5.11 Å². The van der Waals surface area contributed by atoms with E-state index in [0.717, 1.165) is 0 Å². The number of Topliss-reactive ketones (excluding diaryl/α,β-unsaturated/α-hetero) is 2. The summed E-state index contributed by atoms with van der Waals surface area (Å²) in [6.07, 6.45) is 0.370. The summed E-state index contributed by atoms with van der Waals surface area (Å²) in [5, 5.41) is 8.98. The fourth-order valence-electron chi connectivity index (χ4n) is 2.55. The summed E-state index contributed by atoms with van der Waals surface area (Å²) in [6, 6.07) is 0. The van der Waals surface area contributed by atoms with Crippen LogP contribution in [0.1, 0.15) is 34.1 Å². The average Bonchev–Trinajstić information content (AvgIpc) is 2.62. The zero-order chi connectivity index (χ0) is 12.7. The molecule has 2 unspecified atom stereocenters. The molecule has 0 aliphatic heterocycles. The molecule has 4 heteroatoms. The molecular weight excluding hydrogens is 208 g/mol. The highest BCUT2D eigenvalue weighted by Crippen LogP contribution is 2.60. The van der Waals surface area contributed by atoms with Crippen molar-refractivity contribution in [1.82, 2.24) is 0 Å². The van der Waals surface area contributed by atoms with E-state index < -0.39 is 17.8 Å². The third kappa shape index (κ3) is 2.15. The average molecular weight is 226 g/mol. The maximum Gasteiger partial charge on any atom is 0.307 e. The van der Waals surface area contributed by atoms with Crippen LogP contribution < -0.4 is 0 Å². The molecule has 1 rings (SSSR count). The van der Waals surface area contributed by atoms with Crippen LogP contribution in [0.15, 0.2) is 0 Å². The normalized spacial score (nSPS) is 26.6. The van der Waals surface area contributed by atoms with E-state index in [9.17, 15) is 14.4 Å². The summed E-state index contributed by atoms with van der Waals surface area (Å²) < 4.78 is 0. The lowest BCUT2D eigenvalue weighted by molar-refractivity contribution is -0.140. The third-order valence-corrected chi connectivity index (χ3v) is 3.79. The molecule has 0 aromatic rings. The first kappa shape index (κ1) is 12.9. The lowest BCUT2D eigenvalue weighted by Gasteiger charge is -2.10. The van der Waals surface area contributed by atoms with Gasteiger partial charge in [-0.15, -0.1) is 0 Å². The van der Waals surface area contributed by atoms with Crippen LogP contribution in [-0.2, 0) is 14.4 Å². The third-order valence-electron chi connectivity index (χ3n) is 3.79. The van der Waals surface area contributed by atoms with Crippen LogP contribution >= 0.6 is 0 Å². The maximum atomic E-state index is 11.3. The molecule has 1 N–H and O–H groups in total. The highest BCUT2D eigenvalue weighted by Gasteiger charge is 2.62. The van der Waals surface area contributed by atoms with Crippen molar-refractivity contribution < 1.29 is 19.5 Å². The predicted octanol–water partition coefficient (Wildman–Crippen LogP) is 1.53. The molecule has 0 aromatic carbocycles. The molecule has 0 aromatic heterocycles. The Morgan fingerprint density at radius 2 is 1.62 bits per heavy atom. The number of carboxylic acid groups (broad SMARTS) is 1. The van der Waals surface area contributed by atoms with E-state index in [-0.39, 0.29) is 22.9 Å². The van der Waals surface area contributed by atoms with Gasteiger partial charge in [-0.1, -0.05) is 13.8 Å². The number of aliphatic carboxylic acids is 1. The van der Waals surface area contributed by atoms with E-state index in [0.29, 0.717) is 6.42 Å². The van der Waals surface area contributed by atoms with Gasteiger partial charge in [-0.3, -0.25) is 14.4 Å². The quantitative estimate of drug-likeness (QED) is 0.721. The second-order valence-electron chi connectivity index (χ2n) is 5.25. The molecule has 1 saturated carbocycles. The van der Waals surface area contributed by atoms with E-state index in [1.165, 1.54) is 13.8 Å². The van der Waals surface area contributed by atoms with Gasteiger partial charge in [0.05, 0.1) is 11.8 Å². The molecule has 1 fully saturated rings. The highest BCUT2D eigenvalue weighted by atomic mass is 16.4. The van der Waals surface area contributed by atoms with Gasteiger partial charge in [0.1, 0.15) is 11.6 Å². The Morgan fingerprint density at radius 1 is 1.19 bits per heavy atom. The van der Waals surface area contributed by atoms with E-state index in [4.69, 9.17) is 5.11 Å². The van der Waals surface area contributed by atoms with Crippen molar-refractivity contribution in [3.8, 4) is 0 Å². The summed E-state index contributed by atoms with van der Waals surface area (Å²) in [5.74, 6) is -2.29. The minimum Gasteiger partial charge on any atom is -0.481 e. The van der Waals surface area contributed by atoms with Crippen molar-refractivity contribution in [3.05, 3.63) is 0 Å². The highest BCUT2D eigenvalue weighted by molar-refractivity contribution is 6.00. The molecule has 1 aliphatic rings. The van der Waals surface area contributed by atoms with Gasteiger partial charge in [-0.2, -0.15) is 0 Å². The van der Waals surface area contributed by atoms with Crippen LogP contribution in [0.5, 0.6) is 0 Å². The maximum absolute atomic E-state index is 11.3. The summed E-state index contributed by atoms with van der Waals surface area (Å²) >= 11 is 0. The van der Waals surface area contributed by atoms with Gasteiger partial charge in [0, 0.05) is 0 Å². The molecule has 4 nitrogen and oxygen atoms in total. The Balaban J connectivity index is 2.72. The Kier molecular flexibility index (Phi) is 3.22. The minimum absolute atomic E-state index is 0.0669. The molecule has 0 spiro atoms. The van der Waals surface area contributed by atoms with E-state index >= 15 is 0 Å². The largest absolute Gasteiger partial charge is 0.481 e. The Hall–Kier alpha value is -1.19. The first-order valence-electron chi connectivity index (χ1n) is 5.43. The van der Waals surface area contributed by atoms with Gasteiger partial charge in [0.2, 0.25) is 0 Å². The van der Waals surface area contributed by atoms with Gasteiger partial charge in [-0.05, 0) is 31.6 Å². The smallest absolute Gasteiger partial charge is 0.307 e. The van der Waals surface area contributed by atoms with Crippen molar-refractivity contribution in [2.75, 3.05) is 0 Å². The lowest BCUT2D eigenvalue weighted by atomic mass is 9.92. The topological polar surface area (TPSA) is 71.4 Å². The second-order valence-corrected chi connectivity index (χ2v) is 5.25. The summed E-state index contributed by atoms with van der Waals surface area (Å²) in [6.45, 7) is 6.51. The molecular formula is C12H18O4. The van der Waals surface area contributed by atoms with E-state index in [1.54, 1.807) is 0 Å².